The second-order valence-corrected chi connectivity index (χ2v) is 4.14. The second kappa shape index (κ2) is 5.03. The van der Waals surface area contributed by atoms with Crippen LogP contribution in [0, 0.1) is 0 Å². The van der Waals surface area contributed by atoms with Crippen molar-refractivity contribution in [1.82, 2.24) is 4.98 Å². The van der Waals surface area contributed by atoms with Gasteiger partial charge < -0.3 is 4.74 Å². The SMILES string of the molecule is COc1ccc(-c2ccnc(SC)c2)cc1. The second-order valence-electron chi connectivity index (χ2n) is 3.32. The van der Waals surface area contributed by atoms with E-state index in [1.54, 1.807) is 18.9 Å². The molecule has 0 bridgehead atoms. The first-order chi connectivity index (χ1) is 7.83. The van der Waals surface area contributed by atoms with Crippen LogP contribution in [0.5, 0.6) is 5.75 Å². The van der Waals surface area contributed by atoms with Crippen molar-refractivity contribution in [2.75, 3.05) is 13.4 Å². The number of pyridine rings is 1. The summed E-state index contributed by atoms with van der Waals surface area (Å²) in [5.41, 5.74) is 2.36. The van der Waals surface area contributed by atoms with Gasteiger partial charge >= 0.3 is 0 Å². The van der Waals surface area contributed by atoms with Crippen LogP contribution in [-0.2, 0) is 0 Å². The molecule has 82 valence electrons. The molecule has 2 aromatic rings. The predicted molar refractivity (Wildman–Crippen MR) is 68.0 cm³/mol. The van der Waals surface area contributed by atoms with Crippen molar-refractivity contribution in [3.63, 3.8) is 0 Å². The average molecular weight is 231 g/mol. The Kier molecular flexibility index (Phi) is 3.47. The number of methoxy groups -OCH3 is 1. The number of ether oxygens (including phenoxy) is 1. The molecule has 1 heterocycles. The first-order valence-electron chi connectivity index (χ1n) is 4.98. The zero-order valence-corrected chi connectivity index (χ0v) is 10.1. The number of nitrogens with zero attached hydrogens (tertiary/aromatic N) is 1. The Morgan fingerprint density at radius 2 is 1.81 bits per heavy atom. The molecule has 0 atom stereocenters. The van der Waals surface area contributed by atoms with Gasteiger partial charge in [-0.25, -0.2) is 4.98 Å². The number of aromatic nitrogens is 1. The molecule has 1 aromatic heterocycles. The number of hydrogen-bond acceptors (Lipinski definition) is 3. The van der Waals surface area contributed by atoms with Gasteiger partial charge in [-0.1, -0.05) is 12.1 Å². The van der Waals surface area contributed by atoms with Crippen molar-refractivity contribution < 1.29 is 4.74 Å². The van der Waals surface area contributed by atoms with Crippen molar-refractivity contribution in [3.05, 3.63) is 42.6 Å². The molecule has 2 nitrogen and oxygen atoms in total. The van der Waals surface area contributed by atoms with Crippen molar-refractivity contribution >= 4 is 11.8 Å². The first-order valence-corrected chi connectivity index (χ1v) is 6.20. The summed E-state index contributed by atoms with van der Waals surface area (Å²) >= 11 is 1.65. The third-order valence-corrected chi connectivity index (χ3v) is 3.01. The maximum absolute atomic E-state index is 5.13. The summed E-state index contributed by atoms with van der Waals surface area (Å²) in [7, 11) is 1.67. The van der Waals surface area contributed by atoms with Gasteiger partial charge in [0.2, 0.25) is 0 Å². The highest BCUT2D eigenvalue weighted by Gasteiger charge is 2.00. The molecule has 0 radical (unpaired) electrons. The molecule has 0 saturated carbocycles. The van der Waals surface area contributed by atoms with Crippen LogP contribution in [-0.4, -0.2) is 18.3 Å². The predicted octanol–water partition coefficient (Wildman–Crippen LogP) is 3.48. The molecule has 0 unspecified atom stereocenters. The van der Waals surface area contributed by atoms with E-state index >= 15 is 0 Å². The van der Waals surface area contributed by atoms with E-state index in [-0.39, 0.29) is 0 Å². The van der Waals surface area contributed by atoms with Crippen LogP contribution in [0.3, 0.4) is 0 Å². The standard InChI is InChI=1S/C13H13NOS/c1-15-12-5-3-10(4-6-12)11-7-8-14-13(9-11)16-2/h3-9H,1-2H3. The van der Waals surface area contributed by atoms with Crippen molar-refractivity contribution in [1.29, 1.82) is 0 Å². The summed E-state index contributed by atoms with van der Waals surface area (Å²) in [5, 5.41) is 1.04. The molecular formula is C13H13NOS. The van der Waals surface area contributed by atoms with E-state index in [2.05, 4.69) is 23.2 Å². The van der Waals surface area contributed by atoms with Gasteiger partial charge in [0, 0.05) is 6.20 Å². The molecule has 3 heteroatoms. The summed E-state index contributed by atoms with van der Waals surface area (Å²) in [6.45, 7) is 0. The molecule has 0 aliphatic heterocycles. The molecular weight excluding hydrogens is 218 g/mol. The summed E-state index contributed by atoms with van der Waals surface area (Å²) in [6, 6.07) is 12.1. The monoisotopic (exact) mass is 231 g/mol. The fourth-order valence-corrected chi connectivity index (χ4v) is 1.90. The normalized spacial score (nSPS) is 10.1. The van der Waals surface area contributed by atoms with Gasteiger partial charge in [0.15, 0.2) is 0 Å². The largest absolute Gasteiger partial charge is 0.497 e. The number of rotatable bonds is 3. The van der Waals surface area contributed by atoms with Gasteiger partial charge in [-0.15, -0.1) is 11.8 Å². The van der Waals surface area contributed by atoms with Crippen LogP contribution in [0.2, 0.25) is 0 Å². The van der Waals surface area contributed by atoms with Crippen LogP contribution in [0.15, 0.2) is 47.6 Å². The minimum atomic E-state index is 0.878. The van der Waals surface area contributed by atoms with Gasteiger partial charge in [-0.2, -0.15) is 0 Å². The van der Waals surface area contributed by atoms with Gasteiger partial charge in [0.25, 0.3) is 0 Å². The number of benzene rings is 1. The van der Waals surface area contributed by atoms with Crippen molar-refractivity contribution in [2.24, 2.45) is 0 Å². The minimum absolute atomic E-state index is 0.878. The fourth-order valence-electron chi connectivity index (χ4n) is 1.48. The Bertz CT molecular complexity index is 468. The van der Waals surface area contributed by atoms with Gasteiger partial charge in [0.05, 0.1) is 12.1 Å². The number of thioether (sulfide) groups is 1. The van der Waals surface area contributed by atoms with Crippen LogP contribution in [0.4, 0.5) is 0 Å². The zero-order valence-electron chi connectivity index (χ0n) is 9.31. The van der Waals surface area contributed by atoms with E-state index < -0.39 is 0 Å². The van der Waals surface area contributed by atoms with Crippen LogP contribution >= 0.6 is 11.8 Å². The lowest BCUT2D eigenvalue weighted by atomic mass is 10.1. The van der Waals surface area contributed by atoms with E-state index in [1.807, 2.05) is 30.7 Å². The lowest BCUT2D eigenvalue weighted by Crippen LogP contribution is -1.84. The maximum atomic E-state index is 5.13. The summed E-state index contributed by atoms with van der Waals surface area (Å²) in [5.74, 6) is 0.878. The topological polar surface area (TPSA) is 22.1 Å². The van der Waals surface area contributed by atoms with Crippen molar-refractivity contribution in [2.45, 2.75) is 5.03 Å². The van der Waals surface area contributed by atoms with Gasteiger partial charge in [-0.05, 0) is 41.6 Å². The summed E-state index contributed by atoms with van der Waals surface area (Å²) in [6.07, 6.45) is 3.87. The summed E-state index contributed by atoms with van der Waals surface area (Å²) < 4.78 is 5.13. The molecule has 0 N–H and O–H groups in total. The minimum Gasteiger partial charge on any atom is -0.497 e. The number of hydrogen-bond donors (Lipinski definition) is 0. The van der Waals surface area contributed by atoms with Crippen LogP contribution < -0.4 is 4.74 Å². The Morgan fingerprint density at radius 3 is 2.44 bits per heavy atom. The molecule has 0 aliphatic carbocycles. The molecule has 2 rings (SSSR count). The smallest absolute Gasteiger partial charge is 0.118 e. The molecule has 0 aliphatic rings. The van der Waals surface area contributed by atoms with Gasteiger partial charge in [0.1, 0.15) is 5.75 Å². The highest BCUT2D eigenvalue weighted by molar-refractivity contribution is 7.98. The quantitative estimate of drug-likeness (QED) is 0.755. The Labute approximate surface area is 99.7 Å². The molecule has 0 spiro atoms. The average Bonchev–Trinajstić information content (AvgIpc) is 2.39. The van der Waals surface area contributed by atoms with Gasteiger partial charge in [-0.3, -0.25) is 0 Å². The van der Waals surface area contributed by atoms with Crippen LogP contribution in [0.1, 0.15) is 0 Å². The molecule has 0 saturated heterocycles. The fraction of sp³-hybridized carbons (Fsp3) is 0.154. The van der Waals surface area contributed by atoms with E-state index in [0.29, 0.717) is 0 Å². The van der Waals surface area contributed by atoms with E-state index in [0.717, 1.165) is 10.8 Å². The maximum Gasteiger partial charge on any atom is 0.118 e. The Hall–Kier alpha value is -1.48. The molecule has 0 fully saturated rings. The van der Waals surface area contributed by atoms with E-state index in [9.17, 15) is 0 Å². The Balaban J connectivity index is 2.34. The zero-order chi connectivity index (χ0) is 11.4. The highest BCUT2D eigenvalue weighted by atomic mass is 32.2. The van der Waals surface area contributed by atoms with Crippen molar-refractivity contribution in [3.8, 4) is 16.9 Å². The third kappa shape index (κ3) is 2.36. The molecule has 16 heavy (non-hydrogen) atoms. The molecule has 0 amide bonds. The Morgan fingerprint density at radius 1 is 1.06 bits per heavy atom. The highest BCUT2D eigenvalue weighted by Crippen LogP contribution is 2.24. The molecule has 1 aromatic carbocycles. The lowest BCUT2D eigenvalue weighted by molar-refractivity contribution is 0.415. The lowest BCUT2D eigenvalue weighted by Gasteiger charge is -2.04. The third-order valence-electron chi connectivity index (χ3n) is 2.37. The summed E-state index contributed by atoms with van der Waals surface area (Å²) in [4.78, 5) is 4.26. The van der Waals surface area contributed by atoms with E-state index in [1.165, 1.54) is 11.1 Å². The first kappa shape index (κ1) is 11.0. The van der Waals surface area contributed by atoms with E-state index in [4.69, 9.17) is 4.74 Å². The van der Waals surface area contributed by atoms with Crippen LogP contribution in [0.25, 0.3) is 11.1 Å².